The minimum atomic E-state index is -5.19. The molecule has 2 aromatic heterocycles. The lowest BCUT2D eigenvalue weighted by Crippen LogP contribution is -2.37. The molecule has 0 atom stereocenters. The van der Waals surface area contributed by atoms with Gasteiger partial charge in [0.25, 0.3) is 0 Å². The highest BCUT2D eigenvalue weighted by atomic mass is 19.4. The number of ether oxygens (including phenoxy) is 1. The third-order valence-electron chi connectivity index (χ3n) is 2.86. The third-order valence-corrected chi connectivity index (χ3v) is 2.86. The van der Waals surface area contributed by atoms with Gasteiger partial charge in [-0.1, -0.05) is 4.68 Å². The average molecular weight is 375 g/mol. The number of aryl methyl sites for hydroxylation is 2. The number of carboxylic acid groups (broad SMARTS) is 1. The Morgan fingerprint density at radius 3 is 2.46 bits per heavy atom. The Hall–Kier alpha value is -3.05. The van der Waals surface area contributed by atoms with Crippen LogP contribution in [0.3, 0.4) is 0 Å². The van der Waals surface area contributed by atoms with Crippen LogP contribution in [0, 0.1) is 0 Å². The lowest BCUT2D eigenvalue weighted by atomic mass is 10.3. The summed E-state index contributed by atoms with van der Waals surface area (Å²) in [6, 6.07) is 1.90. The van der Waals surface area contributed by atoms with Crippen molar-refractivity contribution in [3.63, 3.8) is 0 Å². The maximum absolute atomic E-state index is 11.0. The molecule has 0 aliphatic carbocycles. The molecule has 0 aliphatic heterocycles. The minimum Gasteiger partial charge on any atom is -0.542 e. The molecule has 0 bridgehead atoms. The third kappa shape index (κ3) is 7.23. The van der Waals surface area contributed by atoms with Crippen LogP contribution in [-0.4, -0.2) is 45.1 Å². The molecule has 0 saturated carbocycles. The number of methoxy groups -OCH3 is 1. The molecule has 0 amide bonds. The van der Waals surface area contributed by atoms with Gasteiger partial charge in [0.15, 0.2) is 18.6 Å². The van der Waals surface area contributed by atoms with E-state index in [1.807, 2.05) is 19.3 Å². The van der Waals surface area contributed by atoms with Crippen molar-refractivity contribution in [2.24, 2.45) is 7.05 Å². The quantitative estimate of drug-likeness (QED) is 0.507. The minimum absolute atomic E-state index is 0.199. The number of carboxylic acids is 1. The van der Waals surface area contributed by atoms with Crippen LogP contribution >= 0.6 is 0 Å². The molecule has 9 nitrogen and oxygen atoms in total. The monoisotopic (exact) mass is 375 g/mol. The van der Waals surface area contributed by atoms with Crippen LogP contribution in [0.25, 0.3) is 11.4 Å². The van der Waals surface area contributed by atoms with Crippen molar-refractivity contribution in [3.05, 3.63) is 24.8 Å². The highest BCUT2D eigenvalue weighted by molar-refractivity contribution is 5.70. The summed E-state index contributed by atoms with van der Waals surface area (Å²) in [5, 5.41) is 17.2. The van der Waals surface area contributed by atoms with E-state index in [1.165, 1.54) is 7.11 Å². The number of hydrogen-bond acceptors (Lipinski definition) is 7. The van der Waals surface area contributed by atoms with Gasteiger partial charge in [-0.05, 0) is 5.10 Å². The fourth-order valence-corrected chi connectivity index (χ4v) is 1.61. The van der Waals surface area contributed by atoms with Crippen molar-refractivity contribution in [1.82, 2.24) is 19.9 Å². The molecule has 0 aromatic carbocycles. The summed E-state index contributed by atoms with van der Waals surface area (Å²) < 4.78 is 39.5. The number of hydrogen-bond donors (Lipinski definition) is 0. The standard InChI is InChI=1S/C12H16N5O2.C2HF3O2/c1-16-9-13-12(15-16)10-5-7-17(14-8-10)6-3-4-11(18)19-2;3-2(4,5)1(6)7/h5,7-9H,3-4,6H2,1-2H3;(H,6,7)/q+1;/p-1. The molecule has 0 aliphatic rings. The summed E-state index contributed by atoms with van der Waals surface area (Å²) in [6.45, 7) is 0.672. The van der Waals surface area contributed by atoms with Crippen LogP contribution in [0.15, 0.2) is 24.8 Å². The highest BCUT2D eigenvalue weighted by Gasteiger charge is 2.28. The van der Waals surface area contributed by atoms with Crippen molar-refractivity contribution in [1.29, 1.82) is 0 Å². The molecule has 2 aromatic rings. The molecule has 2 rings (SSSR count). The van der Waals surface area contributed by atoms with E-state index in [4.69, 9.17) is 9.90 Å². The van der Waals surface area contributed by atoms with E-state index in [0.29, 0.717) is 25.2 Å². The molecule has 0 radical (unpaired) electrons. The van der Waals surface area contributed by atoms with Gasteiger partial charge in [0.1, 0.15) is 18.5 Å². The Kier molecular flexibility index (Phi) is 7.62. The van der Waals surface area contributed by atoms with E-state index in [-0.39, 0.29) is 5.97 Å². The molecule has 0 N–H and O–H groups in total. The van der Waals surface area contributed by atoms with Crippen molar-refractivity contribution in [2.75, 3.05) is 7.11 Å². The normalized spacial score (nSPS) is 10.7. The van der Waals surface area contributed by atoms with Gasteiger partial charge in [-0.2, -0.15) is 18.3 Å². The first-order valence-corrected chi connectivity index (χ1v) is 7.20. The van der Waals surface area contributed by atoms with Crippen LogP contribution in [0.2, 0.25) is 0 Å². The molecule has 142 valence electrons. The van der Waals surface area contributed by atoms with E-state index in [1.54, 1.807) is 21.9 Å². The first-order valence-electron chi connectivity index (χ1n) is 7.20. The zero-order chi connectivity index (χ0) is 19.7. The molecule has 26 heavy (non-hydrogen) atoms. The summed E-state index contributed by atoms with van der Waals surface area (Å²) in [5.41, 5.74) is 0.866. The largest absolute Gasteiger partial charge is 0.542 e. The lowest BCUT2D eigenvalue weighted by Gasteiger charge is -2.03. The molecule has 0 fully saturated rings. The van der Waals surface area contributed by atoms with Gasteiger partial charge in [-0.3, -0.25) is 9.48 Å². The lowest BCUT2D eigenvalue weighted by molar-refractivity contribution is -0.754. The second kappa shape index (κ2) is 9.44. The van der Waals surface area contributed by atoms with Crippen molar-refractivity contribution in [3.8, 4) is 11.4 Å². The fraction of sp³-hybridized carbons (Fsp3) is 0.429. The van der Waals surface area contributed by atoms with E-state index < -0.39 is 12.1 Å². The predicted molar refractivity (Wildman–Crippen MR) is 76.7 cm³/mol. The second-order valence-corrected chi connectivity index (χ2v) is 4.89. The van der Waals surface area contributed by atoms with Gasteiger partial charge >= 0.3 is 12.1 Å². The number of aliphatic carboxylic acids is 1. The van der Waals surface area contributed by atoms with Gasteiger partial charge in [-0.25, -0.2) is 4.98 Å². The van der Waals surface area contributed by atoms with E-state index in [0.717, 1.165) is 5.56 Å². The first kappa shape index (κ1) is 21.0. The number of aromatic nitrogens is 5. The Bertz CT molecular complexity index is 731. The number of carbonyl (C=O) groups excluding carboxylic acids is 2. The van der Waals surface area contributed by atoms with Crippen LogP contribution in [-0.2, 0) is 27.9 Å². The van der Waals surface area contributed by atoms with Gasteiger partial charge in [-0.15, -0.1) is 0 Å². The van der Waals surface area contributed by atoms with Gasteiger partial charge in [0.2, 0.25) is 0 Å². The Labute approximate surface area is 146 Å². The maximum atomic E-state index is 11.0. The van der Waals surface area contributed by atoms with Crippen molar-refractivity contribution in [2.45, 2.75) is 25.6 Å². The summed E-state index contributed by atoms with van der Waals surface area (Å²) in [4.78, 5) is 23.9. The molecular weight excluding hydrogens is 359 g/mol. The fourth-order valence-electron chi connectivity index (χ4n) is 1.61. The number of nitrogens with zero attached hydrogens (tertiary/aromatic N) is 5. The summed E-state index contributed by atoms with van der Waals surface area (Å²) in [7, 11) is 3.21. The molecule has 12 heteroatoms. The summed E-state index contributed by atoms with van der Waals surface area (Å²) in [6.07, 6.45) is 1.11. The Morgan fingerprint density at radius 1 is 1.38 bits per heavy atom. The number of esters is 1. The first-order chi connectivity index (χ1) is 12.1. The Balaban J connectivity index is 0.000000412. The zero-order valence-corrected chi connectivity index (χ0v) is 13.9. The smallest absolute Gasteiger partial charge is 0.430 e. The van der Waals surface area contributed by atoms with Crippen molar-refractivity contribution < 1.29 is 37.3 Å². The van der Waals surface area contributed by atoms with Crippen LogP contribution in [0.1, 0.15) is 12.8 Å². The molecule has 0 saturated heterocycles. The zero-order valence-electron chi connectivity index (χ0n) is 13.9. The van der Waals surface area contributed by atoms with Gasteiger partial charge in [0.05, 0.1) is 19.1 Å². The number of alkyl halides is 3. The summed E-state index contributed by atoms with van der Waals surface area (Å²) in [5.74, 6) is -2.56. The Morgan fingerprint density at radius 2 is 2.04 bits per heavy atom. The van der Waals surface area contributed by atoms with E-state index >= 15 is 0 Å². The summed E-state index contributed by atoms with van der Waals surface area (Å²) >= 11 is 0. The average Bonchev–Trinajstić information content (AvgIpc) is 3.01. The number of rotatable bonds is 5. The van der Waals surface area contributed by atoms with Gasteiger partial charge in [0, 0.05) is 19.5 Å². The maximum Gasteiger partial charge on any atom is 0.430 e. The van der Waals surface area contributed by atoms with Crippen LogP contribution < -0.4 is 9.79 Å². The number of halogens is 3. The molecule has 0 spiro atoms. The molecule has 0 unspecified atom stereocenters. The predicted octanol–water partition coefficient (Wildman–Crippen LogP) is -0.584. The van der Waals surface area contributed by atoms with Gasteiger partial charge < -0.3 is 14.6 Å². The van der Waals surface area contributed by atoms with E-state index in [9.17, 15) is 18.0 Å². The molecule has 2 heterocycles. The van der Waals surface area contributed by atoms with Crippen LogP contribution in [0.5, 0.6) is 0 Å². The molecular formula is C14H16F3N5O4. The van der Waals surface area contributed by atoms with Crippen molar-refractivity contribution >= 4 is 11.9 Å². The highest BCUT2D eigenvalue weighted by Crippen LogP contribution is 2.11. The van der Waals surface area contributed by atoms with E-state index in [2.05, 4.69) is 19.9 Å². The van der Waals surface area contributed by atoms with Crippen LogP contribution in [0.4, 0.5) is 13.2 Å². The number of carbonyl (C=O) groups is 2. The SMILES string of the molecule is COC(=O)CCC[n+]1ccc(-c2ncn(C)n2)cn1.O=C([O-])C(F)(F)F. The second-order valence-electron chi connectivity index (χ2n) is 4.89. The topological polar surface area (TPSA) is 114 Å².